The molecule has 2 aliphatic heterocycles. The molecule has 0 radical (unpaired) electrons. The molecule has 8 nitrogen and oxygen atoms in total. The summed E-state index contributed by atoms with van der Waals surface area (Å²) >= 11 is 0. The number of rotatable bonds is 4. The Hall–Kier alpha value is -3.20. The number of halogens is 1. The number of amides is 1. The summed E-state index contributed by atoms with van der Waals surface area (Å²) in [6.45, 7) is 5.78. The number of aromatic nitrogens is 2. The van der Waals surface area contributed by atoms with Crippen molar-refractivity contribution >= 4 is 17.7 Å². The molecule has 0 atom stereocenters. The van der Waals surface area contributed by atoms with E-state index in [-0.39, 0.29) is 11.3 Å². The van der Waals surface area contributed by atoms with E-state index in [1.54, 1.807) is 19.1 Å². The van der Waals surface area contributed by atoms with Gasteiger partial charge in [0.25, 0.3) is 11.5 Å². The molecule has 158 valence electrons. The van der Waals surface area contributed by atoms with E-state index >= 15 is 0 Å². The van der Waals surface area contributed by atoms with E-state index in [1.165, 1.54) is 13.1 Å². The summed E-state index contributed by atoms with van der Waals surface area (Å²) in [6.07, 6.45) is 1.98. The SMILES string of the molecule is CNC(=O)c1ccc(N2CCN(CC3=Cc4[nH]c(=O)c(C)cc4OC3)CC2)c(F)n1. The molecular formula is C21H24FN5O3. The van der Waals surface area contributed by atoms with E-state index in [2.05, 4.69) is 20.2 Å². The molecule has 1 fully saturated rings. The van der Waals surface area contributed by atoms with Crippen molar-refractivity contribution < 1.29 is 13.9 Å². The first kappa shape index (κ1) is 20.1. The van der Waals surface area contributed by atoms with Gasteiger partial charge in [-0.15, -0.1) is 0 Å². The fraction of sp³-hybridized carbons (Fsp3) is 0.381. The van der Waals surface area contributed by atoms with E-state index in [1.807, 2.05) is 11.0 Å². The summed E-state index contributed by atoms with van der Waals surface area (Å²) < 4.78 is 20.2. The van der Waals surface area contributed by atoms with Gasteiger partial charge >= 0.3 is 0 Å². The van der Waals surface area contributed by atoms with E-state index in [0.717, 1.165) is 25.2 Å². The lowest BCUT2D eigenvalue weighted by Crippen LogP contribution is -2.47. The third-order valence-corrected chi connectivity index (χ3v) is 5.41. The quantitative estimate of drug-likeness (QED) is 0.732. The molecular weight excluding hydrogens is 389 g/mol. The van der Waals surface area contributed by atoms with Gasteiger partial charge in [-0.1, -0.05) is 0 Å². The number of aryl methyl sites for hydroxylation is 1. The van der Waals surface area contributed by atoms with Crippen molar-refractivity contribution in [2.75, 3.05) is 51.3 Å². The number of hydrogen-bond donors (Lipinski definition) is 2. The fourth-order valence-corrected chi connectivity index (χ4v) is 3.71. The highest BCUT2D eigenvalue weighted by atomic mass is 19.1. The maximum Gasteiger partial charge on any atom is 0.269 e. The van der Waals surface area contributed by atoms with Crippen molar-refractivity contribution in [3.05, 3.63) is 57.0 Å². The van der Waals surface area contributed by atoms with Crippen molar-refractivity contribution in [1.82, 2.24) is 20.2 Å². The maximum absolute atomic E-state index is 14.4. The van der Waals surface area contributed by atoms with Gasteiger partial charge in [0.05, 0.1) is 11.4 Å². The Kier molecular flexibility index (Phi) is 5.54. The number of aromatic amines is 1. The summed E-state index contributed by atoms with van der Waals surface area (Å²) in [4.78, 5) is 34.3. The lowest BCUT2D eigenvalue weighted by molar-refractivity contribution is 0.0957. The van der Waals surface area contributed by atoms with Gasteiger partial charge < -0.3 is 19.9 Å². The van der Waals surface area contributed by atoms with Crippen molar-refractivity contribution in [2.24, 2.45) is 0 Å². The maximum atomic E-state index is 14.4. The number of H-pyrrole nitrogens is 1. The van der Waals surface area contributed by atoms with Gasteiger partial charge in [0, 0.05) is 45.3 Å². The molecule has 0 unspecified atom stereocenters. The van der Waals surface area contributed by atoms with Gasteiger partial charge in [-0.3, -0.25) is 14.5 Å². The lowest BCUT2D eigenvalue weighted by Gasteiger charge is -2.36. The Morgan fingerprint density at radius 2 is 2.07 bits per heavy atom. The second-order valence-electron chi connectivity index (χ2n) is 7.50. The highest BCUT2D eigenvalue weighted by molar-refractivity contribution is 5.92. The van der Waals surface area contributed by atoms with E-state index in [9.17, 15) is 14.0 Å². The topological polar surface area (TPSA) is 90.6 Å². The molecule has 2 aliphatic rings. The number of carbonyl (C=O) groups excluding carboxylic acids is 1. The fourth-order valence-electron chi connectivity index (χ4n) is 3.71. The van der Waals surface area contributed by atoms with Crippen LogP contribution >= 0.6 is 0 Å². The van der Waals surface area contributed by atoms with E-state index in [4.69, 9.17) is 4.74 Å². The molecule has 1 saturated heterocycles. The minimum Gasteiger partial charge on any atom is -0.487 e. The minimum atomic E-state index is -0.635. The van der Waals surface area contributed by atoms with Crippen LogP contribution in [0.4, 0.5) is 10.1 Å². The molecule has 9 heteroatoms. The van der Waals surface area contributed by atoms with Crippen LogP contribution in [0.1, 0.15) is 21.7 Å². The monoisotopic (exact) mass is 413 g/mol. The van der Waals surface area contributed by atoms with E-state index < -0.39 is 11.9 Å². The molecule has 0 saturated carbocycles. The largest absolute Gasteiger partial charge is 0.487 e. The Morgan fingerprint density at radius 1 is 1.30 bits per heavy atom. The van der Waals surface area contributed by atoms with Gasteiger partial charge in [-0.05, 0) is 36.8 Å². The van der Waals surface area contributed by atoms with Gasteiger partial charge in [0.1, 0.15) is 18.1 Å². The third kappa shape index (κ3) is 4.06. The van der Waals surface area contributed by atoms with Gasteiger partial charge in [0.2, 0.25) is 5.95 Å². The Bertz CT molecular complexity index is 1060. The molecule has 2 aromatic heterocycles. The van der Waals surface area contributed by atoms with Crippen LogP contribution in [-0.2, 0) is 0 Å². The Balaban J connectivity index is 1.38. The number of ether oxygens (including phenoxy) is 1. The molecule has 0 aliphatic carbocycles. The van der Waals surface area contributed by atoms with Crippen LogP contribution in [0.2, 0.25) is 0 Å². The predicted octanol–water partition coefficient (Wildman–Crippen LogP) is 1.18. The predicted molar refractivity (Wildman–Crippen MR) is 112 cm³/mol. The zero-order valence-corrected chi connectivity index (χ0v) is 17.0. The second kappa shape index (κ2) is 8.27. The van der Waals surface area contributed by atoms with Gasteiger partial charge in [0.15, 0.2) is 0 Å². The molecule has 0 spiro atoms. The Labute approximate surface area is 173 Å². The smallest absolute Gasteiger partial charge is 0.269 e. The number of hydrogen-bond acceptors (Lipinski definition) is 6. The van der Waals surface area contributed by atoms with Crippen molar-refractivity contribution in [1.29, 1.82) is 0 Å². The summed E-state index contributed by atoms with van der Waals surface area (Å²) in [5, 5.41) is 2.44. The molecule has 4 heterocycles. The van der Waals surface area contributed by atoms with Gasteiger partial charge in [-0.2, -0.15) is 4.39 Å². The summed E-state index contributed by atoms with van der Waals surface area (Å²) in [5.41, 5.74) is 2.78. The van der Waals surface area contributed by atoms with E-state index in [0.29, 0.717) is 42.4 Å². The number of piperazine rings is 1. The van der Waals surface area contributed by atoms with Crippen LogP contribution in [-0.4, -0.2) is 67.2 Å². The first-order valence-corrected chi connectivity index (χ1v) is 9.86. The lowest BCUT2D eigenvalue weighted by atomic mass is 10.1. The minimum absolute atomic E-state index is 0.0649. The highest BCUT2D eigenvalue weighted by Crippen LogP contribution is 2.25. The molecule has 0 bridgehead atoms. The van der Waals surface area contributed by atoms with Crippen LogP contribution in [0.25, 0.3) is 6.08 Å². The first-order valence-electron chi connectivity index (χ1n) is 9.86. The zero-order chi connectivity index (χ0) is 21.3. The summed E-state index contributed by atoms with van der Waals surface area (Å²) in [7, 11) is 1.49. The van der Waals surface area contributed by atoms with Crippen LogP contribution in [0, 0.1) is 12.9 Å². The van der Waals surface area contributed by atoms with Crippen LogP contribution in [0.5, 0.6) is 5.75 Å². The summed E-state index contributed by atoms with van der Waals surface area (Å²) in [5.74, 6) is -0.348. The molecule has 0 aromatic carbocycles. The Morgan fingerprint density at radius 3 is 2.77 bits per heavy atom. The number of nitrogens with one attached hydrogen (secondary N) is 2. The normalized spacial score (nSPS) is 16.5. The highest BCUT2D eigenvalue weighted by Gasteiger charge is 2.23. The number of carbonyl (C=O) groups is 1. The van der Waals surface area contributed by atoms with Crippen LogP contribution in [0.15, 0.2) is 28.6 Å². The summed E-state index contributed by atoms with van der Waals surface area (Å²) in [6, 6.07) is 4.90. The zero-order valence-electron chi connectivity index (χ0n) is 17.0. The number of fused-ring (bicyclic) bond motifs is 1. The molecule has 1 amide bonds. The number of nitrogens with zero attached hydrogens (tertiary/aromatic N) is 3. The number of pyridine rings is 2. The van der Waals surface area contributed by atoms with Gasteiger partial charge in [-0.25, -0.2) is 4.98 Å². The third-order valence-electron chi connectivity index (χ3n) is 5.41. The molecule has 2 aromatic rings. The second-order valence-corrected chi connectivity index (χ2v) is 7.50. The molecule has 30 heavy (non-hydrogen) atoms. The first-order chi connectivity index (χ1) is 14.4. The van der Waals surface area contributed by atoms with Crippen LogP contribution < -0.4 is 20.5 Å². The van der Waals surface area contributed by atoms with Crippen molar-refractivity contribution in [2.45, 2.75) is 6.92 Å². The molecule has 2 N–H and O–H groups in total. The standard InChI is InChI=1S/C21H24FN5O3/c1-13-9-18-16(25-20(13)28)10-14(12-30-18)11-26-5-7-27(8-6-26)17-4-3-15(21(29)23-2)24-19(17)22/h3-4,9-10H,5-8,11-12H2,1-2H3,(H,23,29)(H,25,28). The van der Waals surface area contributed by atoms with Crippen molar-refractivity contribution in [3.8, 4) is 5.75 Å². The van der Waals surface area contributed by atoms with Crippen LogP contribution in [0.3, 0.4) is 0 Å². The average molecular weight is 413 g/mol. The molecule has 4 rings (SSSR count). The number of anilines is 1. The average Bonchev–Trinajstić information content (AvgIpc) is 2.75. The van der Waals surface area contributed by atoms with Crippen molar-refractivity contribution in [3.63, 3.8) is 0 Å².